The minimum Gasteiger partial charge on any atom is -0.395 e. The van der Waals surface area contributed by atoms with Crippen LogP contribution in [0.4, 0.5) is 13.2 Å². The SMILES string of the molecule is [2H]c1c([2H])c(C2(C(=O)Cc3cc4cc(C(C)(CC)C([2H])([2H])[2H])n(C[C@@H](O)C([2H])([2H])O)c4cc3F)C([2H])([2H])C2([2H])[2H])c([2H])c2c1OC(F)(F)O2. The number of ketones is 1. The summed E-state index contributed by atoms with van der Waals surface area (Å²) in [6.07, 6.45) is -14.0. The maximum absolute atomic E-state index is 15.9. The molecule has 2 heterocycles. The number of nitrogens with zero attached hydrogens (tertiary/aromatic N) is 1. The van der Waals surface area contributed by atoms with Crippen LogP contribution in [-0.2, 0) is 28.6 Å². The second-order valence-corrected chi connectivity index (χ2v) is 9.15. The number of halogens is 3. The number of aromatic nitrogens is 1. The molecule has 0 bridgehead atoms. The molecule has 2 N–H and O–H groups in total. The van der Waals surface area contributed by atoms with Crippen molar-refractivity contribution in [2.75, 3.05) is 6.56 Å². The van der Waals surface area contributed by atoms with Gasteiger partial charge in [0.2, 0.25) is 0 Å². The van der Waals surface area contributed by atoms with Gasteiger partial charge in [-0.15, -0.1) is 8.78 Å². The molecule has 1 saturated carbocycles. The fraction of sp³-hybridized carbons (Fsp3) is 0.464. The van der Waals surface area contributed by atoms with Crippen molar-refractivity contribution < 1.29 is 54.1 Å². The molecule has 0 radical (unpaired) electrons. The van der Waals surface area contributed by atoms with Crippen LogP contribution in [0.15, 0.2) is 36.3 Å². The molecule has 1 aliphatic carbocycles. The Hall–Kier alpha value is -3.04. The first kappa shape index (κ1) is 14.8. The zero-order valence-electron chi connectivity index (χ0n) is 31.6. The number of ether oxygens (including phenoxy) is 2. The number of alkyl halides is 2. The van der Waals surface area contributed by atoms with Gasteiger partial charge in [-0.3, -0.25) is 4.79 Å². The normalized spacial score (nSPS) is 27.8. The first-order chi connectivity index (χ1) is 22.1. The van der Waals surface area contributed by atoms with Crippen LogP contribution >= 0.6 is 0 Å². The molecule has 6 nitrogen and oxygen atoms in total. The third-order valence-electron chi connectivity index (χ3n) is 6.55. The molecule has 1 aliphatic heterocycles. The fourth-order valence-corrected chi connectivity index (χ4v) is 4.25. The Morgan fingerprint density at radius 2 is 2.05 bits per heavy atom. The zero-order chi connectivity index (χ0) is 37.2. The number of carbonyl (C=O) groups excluding carboxylic acids is 1. The largest absolute Gasteiger partial charge is 0.586 e. The first-order valence-electron chi connectivity index (χ1n) is 17.3. The van der Waals surface area contributed by atoms with Crippen LogP contribution < -0.4 is 9.47 Å². The Kier molecular flexibility index (Phi) is 3.50. The van der Waals surface area contributed by atoms with Crippen LogP contribution in [0, 0.1) is 5.82 Å². The quantitative estimate of drug-likeness (QED) is 0.409. The summed E-state index contributed by atoms with van der Waals surface area (Å²) in [7, 11) is 0. The molecule has 9 heteroatoms. The summed E-state index contributed by atoms with van der Waals surface area (Å²) in [5.74, 6) is -4.74. The molecule has 2 aromatic carbocycles. The Balaban J connectivity index is 1.68. The van der Waals surface area contributed by atoms with E-state index in [0.29, 0.717) is 0 Å². The number of benzene rings is 2. The third kappa shape index (κ3) is 4.48. The molecule has 5 rings (SSSR count). The maximum atomic E-state index is 15.9. The lowest BCUT2D eigenvalue weighted by Gasteiger charge is -2.26. The van der Waals surface area contributed by atoms with Gasteiger partial charge in [0, 0.05) is 32.5 Å². The van der Waals surface area contributed by atoms with E-state index in [1.807, 2.05) is 0 Å². The van der Waals surface area contributed by atoms with Crippen LogP contribution in [-0.4, -0.2) is 39.5 Å². The molecule has 3 aromatic rings. The van der Waals surface area contributed by atoms with Crippen LogP contribution in [0.25, 0.3) is 10.9 Å². The molecule has 1 fully saturated rings. The number of rotatable bonds is 9. The summed E-state index contributed by atoms with van der Waals surface area (Å²) in [6, 6.07) is -0.289. The van der Waals surface area contributed by atoms with Gasteiger partial charge in [-0.2, -0.15) is 0 Å². The Bertz CT molecular complexity index is 1880. The van der Waals surface area contributed by atoms with Gasteiger partial charge in [0.05, 0.1) is 37.0 Å². The Morgan fingerprint density at radius 3 is 2.70 bits per heavy atom. The van der Waals surface area contributed by atoms with Crippen molar-refractivity contribution in [1.29, 1.82) is 0 Å². The highest BCUT2D eigenvalue weighted by Gasteiger charge is 2.52. The van der Waals surface area contributed by atoms with E-state index in [-0.39, 0.29) is 23.0 Å². The summed E-state index contributed by atoms with van der Waals surface area (Å²) in [4.78, 5) is 14.0. The summed E-state index contributed by atoms with van der Waals surface area (Å²) in [5, 5.41) is 20.2. The molecular weight excluding hydrogens is 487 g/mol. The van der Waals surface area contributed by atoms with E-state index in [1.54, 1.807) is 6.92 Å². The molecule has 2 atom stereocenters. The Morgan fingerprint density at radius 1 is 1.32 bits per heavy atom. The molecule has 0 saturated heterocycles. The lowest BCUT2D eigenvalue weighted by molar-refractivity contribution is -0.286. The molecule has 0 spiro atoms. The lowest BCUT2D eigenvalue weighted by atomic mass is 9.86. The van der Waals surface area contributed by atoms with Gasteiger partial charge < -0.3 is 24.3 Å². The average Bonchev–Trinajstić information content (AvgIpc) is 3.28. The van der Waals surface area contributed by atoms with Crippen molar-refractivity contribution in [2.24, 2.45) is 0 Å². The molecule has 2 aliphatic rings. The molecule has 1 unspecified atom stereocenters. The van der Waals surface area contributed by atoms with Gasteiger partial charge in [-0.1, -0.05) is 26.7 Å². The van der Waals surface area contributed by atoms with Crippen LogP contribution in [0.2, 0.25) is 0 Å². The molecule has 1 aromatic heterocycles. The van der Waals surface area contributed by atoms with Gasteiger partial charge in [0.1, 0.15) is 11.6 Å². The minimum atomic E-state index is -4.38. The third-order valence-corrected chi connectivity index (χ3v) is 6.55. The predicted molar refractivity (Wildman–Crippen MR) is 131 cm³/mol. The molecule has 198 valence electrons. The first-order valence-corrected chi connectivity index (χ1v) is 11.3. The highest BCUT2D eigenvalue weighted by Crippen LogP contribution is 2.52. The number of aliphatic hydroxyl groups is 2. The van der Waals surface area contributed by atoms with Crippen molar-refractivity contribution in [1.82, 2.24) is 4.57 Å². The average molecular weight is 530 g/mol. The summed E-state index contributed by atoms with van der Waals surface area (Å²) in [6.45, 7) is -3.64. The van der Waals surface area contributed by atoms with Crippen molar-refractivity contribution in [2.45, 2.75) is 76.1 Å². The number of hydrogen-bond donors (Lipinski definition) is 2. The van der Waals surface area contributed by atoms with E-state index in [4.69, 9.17) is 16.4 Å². The van der Waals surface area contributed by atoms with Gasteiger partial charge in [-0.05, 0) is 60.6 Å². The highest BCUT2D eigenvalue weighted by molar-refractivity contribution is 5.95. The molecule has 0 amide bonds. The summed E-state index contributed by atoms with van der Waals surface area (Å²) < 4.78 is 151. The van der Waals surface area contributed by atoms with E-state index in [0.717, 1.165) is 16.7 Å². The molecular formula is C28H30F3NO5. The van der Waals surface area contributed by atoms with Gasteiger partial charge in [0.25, 0.3) is 0 Å². The smallest absolute Gasteiger partial charge is 0.395 e. The molecule has 37 heavy (non-hydrogen) atoms. The number of fused-ring (bicyclic) bond motifs is 2. The predicted octanol–water partition coefficient (Wildman–Crippen LogP) is 4.99. The number of aliphatic hydroxyl groups excluding tert-OH is 1. The number of hydrogen-bond acceptors (Lipinski definition) is 5. The van der Waals surface area contributed by atoms with Crippen molar-refractivity contribution in [3.05, 3.63) is 59.0 Å². The second kappa shape index (κ2) is 8.77. The van der Waals surface area contributed by atoms with E-state index < -0.39 is 115 Å². The lowest BCUT2D eigenvalue weighted by Crippen LogP contribution is -2.26. The minimum absolute atomic E-state index is 0.0136. The van der Waals surface area contributed by atoms with E-state index in [9.17, 15) is 23.8 Å². The van der Waals surface area contributed by atoms with Crippen molar-refractivity contribution in [3.8, 4) is 11.5 Å². The van der Waals surface area contributed by atoms with E-state index in [1.165, 1.54) is 13.0 Å². The highest BCUT2D eigenvalue weighted by atomic mass is 19.3. The van der Waals surface area contributed by atoms with Crippen LogP contribution in [0.5, 0.6) is 11.5 Å². The summed E-state index contributed by atoms with van der Waals surface area (Å²) >= 11 is 0. The van der Waals surface area contributed by atoms with E-state index in [2.05, 4.69) is 9.47 Å². The number of Topliss-reactive ketones (excluding diaryl/α,β-unsaturated/α-hetero) is 1. The standard InChI is InChI=1S/C28H30F3NO5/c1-4-26(2,3)24-10-17-9-16(20(29)13-21(17)32(24)14-19(34)15-33)11-25(35)27(7-8-27)18-5-6-22-23(12-18)37-28(30,31)36-22/h5-6,9-10,12-13,19,33-34H,4,7-8,11,14-15H2,1-3H3/t19-/m1/s1/i2D3,5D,6D,7D2,8D2,12D,15D2/t19-,26?. The maximum Gasteiger partial charge on any atom is 0.586 e. The van der Waals surface area contributed by atoms with Crippen molar-refractivity contribution in [3.63, 3.8) is 0 Å². The van der Waals surface area contributed by atoms with E-state index >= 15 is 4.39 Å². The van der Waals surface area contributed by atoms with Crippen LogP contribution in [0.1, 0.15) is 73.1 Å². The van der Waals surface area contributed by atoms with Gasteiger partial charge >= 0.3 is 6.29 Å². The number of carbonyl (C=O) groups is 1. The summed E-state index contributed by atoms with van der Waals surface area (Å²) in [5.41, 5.74) is -6.39. The van der Waals surface area contributed by atoms with Crippen LogP contribution in [0.3, 0.4) is 0 Å². The monoisotopic (exact) mass is 529 g/mol. The zero-order valence-corrected chi connectivity index (χ0v) is 19.6. The topological polar surface area (TPSA) is 80.9 Å². The van der Waals surface area contributed by atoms with Gasteiger partial charge in [-0.25, -0.2) is 4.39 Å². The second-order valence-electron chi connectivity index (χ2n) is 9.15. The Labute approximate surface area is 229 Å². The van der Waals surface area contributed by atoms with Crippen molar-refractivity contribution >= 4 is 16.7 Å². The fourth-order valence-electron chi connectivity index (χ4n) is 4.25. The van der Waals surface area contributed by atoms with Gasteiger partial charge in [0.15, 0.2) is 11.5 Å².